The Kier molecular flexibility index (Phi) is 5.88. The Morgan fingerprint density at radius 2 is 1.96 bits per heavy atom. The highest BCUT2D eigenvalue weighted by Gasteiger charge is 2.24. The number of hydrogen-bond donors (Lipinski definition) is 1. The van der Waals surface area contributed by atoms with Crippen molar-refractivity contribution < 1.29 is 13.6 Å². The number of nitrogens with one attached hydrogen (secondary N) is 1. The van der Waals surface area contributed by atoms with Gasteiger partial charge in [0.2, 0.25) is 0 Å². The molecule has 1 aliphatic rings. The second kappa shape index (κ2) is 8.33. The number of nitrogens with zero attached hydrogens (tertiary/aromatic N) is 2. The van der Waals surface area contributed by atoms with E-state index in [0.29, 0.717) is 44.5 Å². The molecular formula is C20H23F2N3O2. The SMILES string of the molecule is CCn1cccc(NC(=O)N2CCC(Cc3cc(F)ccc3F)CC2)c1=O. The van der Waals surface area contributed by atoms with Gasteiger partial charge in [-0.2, -0.15) is 0 Å². The van der Waals surface area contributed by atoms with Gasteiger partial charge in [0.15, 0.2) is 0 Å². The molecule has 1 saturated heterocycles. The smallest absolute Gasteiger partial charge is 0.321 e. The van der Waals surface area contributed by atoms with E-state index in [1.54, 1.807) is 23.2 Å². The number of aryl methyl sites for hydroxylation is 1. The molecule has 0 atom stereocenters. The summed E-state index contributed by atoms with van der Waals surface area (Å²) in [5, 5.41) is 2.68. The number of benzene rings is 1. The molecule has 0 saturated carbocycles. The fourth-order valence-electron chi connectivity index (χ4n) is 3.43. The van der Waals surface area contributed by atoms with Crippen molar-refractivity contribution in [2.75, 3.05) is 18.4 Å². The zero-order valence-corrected chi connectivity index (χ0v) is 15.3. The van der Waals surface area contributed by atoms with Gasteiger partial charge in [-0.1, -0.05) is 0 Å². The number of pyridine rings is 1. The van der Waals surface area contributed by atoms with Gasteiger partial charge in [0.1, 0.15) is 17.3 Å². The molecule has 1 fully saturated rings. The Balaban J connectivity index is 1.57. The monoisotopic (exact) mass is 375 g/mol. The van der Waals surface area contributed by atoms with Crippen LogP contribution in [-0.4, -0.2) is 28.6 Å². The van der Waals surface area contributed by atoms with E-state index in [2.05, 4.69) is 5.32 Å². The van der Waals surface area contributed by atoms with Crippen LogP contribution in [0.1, 0.15) is 25.3 Å². The first kappa shape index (κ1) is 19.1. The lowest BCUT2D eigenvalue weighted by molar-refractivity contribution is 0.182. The number of urea groups is 1. The molecule has 2 aromatic rings. The van der Waals surface area contributed by atoms with Crippen molar-refractivity contribution in [1.82, 2.24) is 9.47 Å². The molecule has 7 heteroatoms. The molecule has 2 heterocycles. The molecule has 0 bridgehead atoms. The highest BCUT2D eigenvalue weighted by molar-refractivity contribution is 5.89. The molecule has 5 nitrogen and oxygen atoms in total. The van der Waals surface area contributed by atoms with Crippen LogP contribution in [0.15, 0.2) is 41.3 Å². The quantitative estimate of drug-likeness (QED) is 0.887. The van der Waals surface area contributed by atoms with E-state index < -0.39 is 11.6 Å². The van der Waals surface area contributed by atoms with Gasteiger partial charge in [-0.3, -0.25) is 4.79 Å². The first-order chi connectivity index (χ1) is 13.0. The maximum Gasteiger partial charge on any atom is 0.321 e. The summed E-state index contributed by atoms with van der Waals surface area (Å²) in [6, 6.07) is 6.50. The predicted molar refractivity (Wildman–Crippen MR) is 99.8 cm³/mol. The van der Waals surface area contributed by atoms with Crippen LogP contribution in [0.5, 0.6) is 0 Å². The number of aromatic nitrogens is 1. The molecule has 27 heavy (non-hydrogen) atoms. The zero-order chi connectivity index (χ0) is 19.4. The number of hydrogen-bond acceptors (Lipinski definition) is 2. The van der Waals surface area contributed by atoms with Crippen molar-refractivity contribution in [3.8, 4) is 0 Å². The minimum Gasteiger partial charge on any atom is -0.325 e. The summed E-state index contributed by atoms with van der Waals surface area (Å²) in [5.41, 5.74) is 0.403. The van der Waals surface area contributed by atoms with Crippen LogP contribution in [0.25, 0.3) is 0 Å². The van der Waals surface area contributed by atoms with Gasteiger partial charge in [0.05, 0.1) is 0 Å². The van der Waals surface area contributed by atoms with Gasteiger partial charge < -0.3 is 14.8 Å². The predicted octanol–water partition coefficient (Wildman–Crippen LogP) is 3.63. The standard InChI is InChI=1S/C20H23F2N3O2/c1-2-24-9-3-4-18(19(24)26)23-20(27)25-10-7-14(8-11-25)12-15-13-16(21)5-6-17(15)22/h3-6,9,13-14H,2,7-8,10-12H2,1H3,(H,23,27). The Labute approximate surface area is 156 Å². The average Bonchev–Trinajstić information content (AvgIpc) is 2.67. The van der Waals surface area contributed by atoms with Gasteiger partial charge in [-0.05, 0) is 68.0 Å². The maximum absolute atomic E-state index is 13.8. The summed E-state index contributed by atoms with van der Waals surface area (Å²) in [5.74, 6) is -0.643. The molecule has 144 valence electrons. The maximum atomic E-state index is 13.8. The van der Waals surface area contributed by atoms with E-state index >= 15 is 0 Å². The number of halogens is 2. The lowest BCUT2D eigenvalue weighted by Crippen LogP contribution is -2.42. The number of piperidine rings is 1. The summed E-state index contributed by atoms with van der Waals surface area (Å²) in [7, 11) is 0. The third-order valence-corrected chi connectivity index (χ3v) is 5.02. The number of amides is 2. The van der Waals surface area contributed by atoms with Crippen LogP contribution >= 0.6 is 0 Å². The molecule has 0 spiro atoms. The van der Waals surface area contributed by atoms with Crippen molar-refractivity contribution in [3.05, 3.63) is 64.1 Å². The van der Waals surface area contributed by atoms with Crippen molar-refractivity contribution in [2.24, 2.45) is 5.92 Å². The highest BCUT2D eigenvalue weighted by Crippen LogP contribution is 2.24. The number of carbonyl (C=O) groups is 1. The van der Waals surface area contributed by atoms with E-state index in [4.69, 9.17) is 0 Å². The summed E-state index contributed by atoms with van der Waals surface area (Å²) < 4.78 is 28.6. The van der Waals surface area contributed by atoms with E-state index in [1.165, 1.54) is 10.6 Å². The molecule has 1 N–H and O–H groups in total. The molecule has 1 aromatic carbocycles. The van der Waals surface area contributed by atoms with Crippen molar-refractivity contribution in [1.29, 1.82) is 0 Å². The molecule has 0 aliphatic carbocycles. The number of rotatable bonds is 4. The normalized spacial score (nSPS) is 15.0. The van der Waals surface area contributed by atoms with Crippen molar-refractivity contribution in [3.63, 3.8) is 0 Å². The largest absolute Gasteiger partial charge is 0.325 e. The molecule has 1 aliphatic heterocycles. The second-order valence-corrected chi connectivity index (χ2v) is 6.81. The third kappa shape index (κ3) is 4.53. The molecule has 0 radical (unpaired) electrons. The van der Waals surface area contributed by atoms with Crippen LogP contribution in [0.2, 0.25) is 0 Å². The summed E-state index contributed by atoms with van der Waals surface area (Å²) in [6.45, 7) is 3.42. The highest BCUT2D eigenvalue weighted by atomic mass is 19.1. The minimum atomic E-state index is -0.441. The van der Waals surface area contributed by atoms with E-state index in [0.717, 1.165) is 12.1 Å². The van der Waals surface area contributed by atoms with Crippen LogP contribution in [0, 0.1) is 17.6 Å². The number of carbonyl (C=O) groups excluding carboxylic acids is 1. The Morgan fingerprint density at radius 1 is 1.22 bits per heavy atom. The molecule has 2 amide bonds. The number of likely N-dealkylation sites (tertiary alicyclic amines) is 1. The first-order valence-electron chi connectivity index (χ1n) is 9.17. The molecular weight excluding hydrogens is 352 g/mol. The fraction of sp³-hybridized carbons (Fsp3) is 0.400. The second-order valence-electron chi connectivity index (χ2n) is 6.81. The van der Waals surface area contributed by atoms with Crippen LogP contribution in [0.3, 0.4) is 0 Å². The topological polar surface area (TPSA) is 54.3 Å². The van der Waals surface area contributed by atoms with E-state index in [-0.39, 0.29) is 23.2 Å². The van der Waals surface area contributed by atoms with Gasteiger partial charge >= 0.3 is 6.03 Å². The molecule has 0 unspecified atom stereocenters. The lowest BCUT2D eigenvalue weighted by atomic mass is 9.90. The summed E-state index contributed by atoms with van der Waals surface area (Å²) in [6.07, 6.45) is 3.54. The minimum absolute atomic E-state index is 0.194. The average molecular weight is 375 g/mol. The first-order valence-corrected chi connectivity index (χ1v) is 9.17. The fourth-order valence-corrected chi connectivity index (χ4v) is 3.43. The lowest BCUT2D eigenvalue weighted by Gasteiger charge is -2.32. The van der Waals surface area contributed by atoms with Crippen LogP contribution < -0.4 is 10.9 Å². The van der Waals surface area contributed by atoms with E-state index in [1.807, 2.05) is 6.92 Å². The van der Waals surface area contributed by atoms with Crippen LogP contribution in [0.4, 0.5) is 19.3 Å². The Hall–Kier alpha value is -2.70. The van der Waals surface area contributed by atoms with Crippen molar-refractivity contribution >= 4 is 11.7 Å². The third-order valence-electron chi connectivity index (χ3n) is 5.02. The van der Waals surface area contributed by atoms with E-state index in [9.17, 15) is 18.4 Å². The van der Waals surface area contributed by atoms with Gasteiger partial charge in [-0.15, -0.1) is 0 Å². The Morgan fingerprint density at radius 3 is 2.67 bits per heavy atom. The Bertz CT molecular complexity index is 874. The molecule has 1 aromatic heterocycles. The van der Waals surface area contributed by atoms with Gasteiger partial charge in [-0.25, -0.2) is 13.6 Å². The number of anilines is 1. The zero-order valence-electron chi connectivity index (χ0n) is 15.3. The van der Waals surface area contributed by atoms with Crippen molar-refractivity contribution in [2.45, 2.75) is 32.7 Å². The summed E-state index contributed by atoms with van der Waals surface area (Å²) >= 11 is 0. The summed E-state index contributed by atoms with van der Waals surface area (Å²) in [4.78, 5) is 26.3. The van der Waals surface area contributed by atoms with Gasteiger partial charge in [0, 0.05) is 25.8 Å². The molecule has 3 rings (SSSR count). The van der Waals surface area contributed by atoms with Gasteiger partial charge in [0.25, 0.3) is 5.56 Å². The van der Waals surface area contributed by atoms with Crippen LogP contribution in [-0.2, 0) is 13.0 Å².